The Labute approximate surface area is 196 Å². The number of rotatable bonds is 5. The molecule has 7 heteroatoms. The van der Waals surface area contributed by atoms with E-state index in [4.69, 9.17) is 27.3 Å². The number of para-hydroxylation sites is 2. The first kappa shape index (κ1) is 21.0. The SMILES string of the molecule is Cc1ccc(Cn2c(N)c(C(=O)NCc3ccc(Cl)cc3)c3nc4ccccc4nc32)cc1. The van der Waals surface area contributed by atoms with Gasteiger partial charge in [-0.2, -0.15) is 0 Å². The maximum Gasteiger partial charge on any atom is 0.257 e. The number of aromatic nitrogens is 3. The van der Waals surface area contributed by atoms with Crippen molar-refractivity contribution in [3.8, 4) is 0 Å². The number of anilines is 1. The first-order chi connectivity index (χ1) is 16.0. The molecule has 0 aliphatic rings. The summed E-state index contributed by atoms with van der Waals surface area (Å²) in [5.41, 5.74) is 12.6. The van der Waals surface area contributed by atoms with Gasteiger partial charge in [-0.3, -0.25) is 4.79 Å². The number of nitrogen functional groups attached to an aromatic ring is 1. The predicted molar refractivity (Wildman–Crippen MR) is 132 cm³/mol. The molecule has 6 nitrogen and oxygen atoms in total. The van der Waals surface area contributed by atoms with Crippen molar-refractivity contribution in [3.05, 3.63) is 100 Å². The lowest BCUT2D eigenvalue weighted by Gasteiger charge is -2.09. The molecule has 2 heterocycles. The van der Waals surface area contributed by atoms with Gasteiger partial charge in [0.15, 0.2) is 5.65 Å². The molecule has 5 aromatic rings. The molecule has 0 saturated carbocycles. The smallest absolute Gasteiger partial charge is 0.257 e. The number of carbonyl (C=O) groups excluding carboxylic acids is 1. The van der Waals surface area contributed by atoms with Crippen LogP contribution in [0.1, 0.15) is 27.0 Å². The molecular weight excluding hydrogens is 434 g/mol. The van der Waals surface area contributed by atoms with Crippen LogP contribution in [-0.4, -0.2) is 20.4 Å². The molecule has 5 rings (SSSR count). The van der Waals surface area contributed by atoms with E-state index in [9.17, 15) is 4.79 Å². The zero-order valence-corrected chi connectivity index (χ0v) is 18.8. The summed E-state index contributed by atoms with van der Waals surface area (Å²) in [6.07, 6.45) is 0. The first-order valence-corrected chi connectivity index (χ1v) is 11.0. The van der Waals surface area contributed by atoms with Crippen molar-refractivity contribution in [2.75, 3.05) is 5.73 Å². The van der Waals surface area contributed by atoms with E-state index in [0.717, 1.165) is 16.6 Å². The number of fused-ring (bicyclic) bond motifs is 2. The summed E-state index contributed by atoms with van der Waals surface area (Å²) in [5, 5.41) is 3.61. The van der Waals surface area contributed by atoms with Gasteiger partial charge < -0.3 is 15.6 Å². The van der Waals surface area contributed by atoms with Crippen LogP contribution in [0.4, 0.5) is 5.82 Å². The van der Waals surface area contributed by atoms with Crippen LogP contribution >= 0.6 is 11.6 Å². The minimum absolute atomic E-state index is 0.292. The van der Waals surface area contributed by atoms with Gasteiger partial charge in [0.2, 0.25) is 0 Å². The Bertz CT molecular complexity index is 1470. The highest BCUT2D eigenvalue weighted by Crippen LogP contribution is 2.29. The fraction of sp³-hybridized carbons (Fsp3) is 0.115. The van der Waals surface area contributed by atoms with Crippen molar-refractivity contribution in [3.63, 3.8) is 0 Å². The van der Waals surface area contributed by atoms with Crippen molar-refractivity contribution in [1.29, 1.82) is 0 Å². The fourth-order valence-electron chi connectivity index (χ4n) is 3.85. The Balaban J connectivity index is 1.58. The summed E-state index contributed by atoms with van der Waals surface area (Å²) in [6.45, 7) is 2.88. The van der Waals surface area contributed by atoms with E-state index in [2.05, 4.69) is 29.6 Å². The normalized spacial score (nSPS) is 11.2. The van der Waals surface area contributed by atoms with E-state index < -0.39 is 0 Å². The molecule has 0 unspecified atom stereocenters. The molecule has 33 heavy (non-hydrogen) atoms. The lowest BCUT2D eigenvalue weighted by molar-refractivity contribution is 0.0953. The van der Waals surface area contributed by atoms with Gasteiger partial charge in [0.05, 0.1) is 17.6 Å². The standard InChI is InChI=1S/C26H22ClN5O/c1-16-6-8-18(9-7-16)15-32-24(28)22(26(33)29-14-17-10-12-19(27)13-11-17)23-25(32)31-21-5-3-2-4-20(21)30-23/h2-13H,14-15,28H2,1H3,(H,29,33). The Morgan fingerprint density at radius 3 is 2.27 bits per heavy atom. The van der Waals surface area contributed by atoms with E-state index in [1.165, 1.54) is 5.56 Å². The number of hydrogen-bond acceptors (Lipinski definition) is 4. The average molecular weight is 456 g/mol. The number of hydrogen-bond donors (Lipinski definition) is 2. The highest BCUT2D eigenvalue weighted by Gasteiger charge is 2.24. The third-order valence-electron chi connectivity index (χ3n) is 5.65. The molecule has 0 bridgehead atoms. The molecule has 2 aromatic heterocycles. The lowest BCUT2D eigenvalue weighted by Crippen LogP contribution is -2.24. The Morgan fingerprint density at radius 2 is 1.58 bits per heavy atom. The lowest BCUT2D eigenvalue weighted by atomic mass is 10.1. The van der Waals surface area contributed by atoms with Crippen molar-refractivity contribution in [2.45, 2.75) is 20.0 Å². The predicted octanol–water partition coefficient (Wildman–Crippen LogP) is 5.11. The summed E-state index contributed by atoms with van der Waals surface area (Å²) in [4.78, 5) is 22.8. The van der Waals surface area contributed by atoms with E-state index in [-0.39, 0.29) is 5.91 Å². The van der Waals surface area contributed by atoms with Crippen molar-refractivity contribution >= 4 is 45.5 Å². The second kappa shape index (κ2) is 8.56. The van der Waals surface area contributed by atoms with Crippen LogP contribution in [0.5, 0.6) is 0 Å². The highest BCUT2D eigenvalue weighted by atomic mass is 35.5. The molecule has 0 atom stereocenters. The largest absolute Gasteiger partial charge is 0.384 e. The van der Waals surface area contributed by atoms with Gasteiger partial charge in [-0.15, -0.1) is 0 Å². The topological polar surface area (TPSA) is 85.8 Å². The van der Waals surface area contributed by atoms with Crippen molar-refractivity contribution in [2.24, 2.45) is 0 Å². The summed E-state index contributed by atoms with van der Waals surface area (Å²) in [7, 11) is 0. The van der Waals surface area contributed by atoms with Gasteiger partial charge in [-0.05, 0) is 42.3 Å². The van der Waals surface area contributed by atoms with Crippen LogP contribution in [-0.2, 0) is 13.1 Å². The number of nitrogens with zero attached hydrogens (tertiary/aromatic N) is 3. The molecule has 1 amide bonds. The quantitative estimate of drug-likeness (QED) is 0.385. The van der Waals surface area contributed by atoms with Crippen LogP contribution in [0.3, 0.4) is 0 Å². The van der Waals surface area contributed by atoms with Gasteiger partial charge in [0, 0.05) is 11.6 Å². The minimum Gasteiger partial charge on any atom is -0.384 e. The molecule has 0 fully saturated rings. The van der Waals surface area contributed by atoms with Crippen LogP contribution in [0, 0.1) is 6.92 Å². The highest BCUT2D eigenvalue weighted by molar-refractivity contribution is 6.30. The number of amides is 1. The minimum atomic E-state index is -0.292. The molecule has 0 aliphatic heterocycles. The maximum absolute atomic E-state index is 13.3. The van der Waals surface area contributed by atoms with E-state index >= 15 is 0 Å². The molecule has 3 N–H and O–H groups in total. The van der Waals surface area contributed by atoms with Crippen LogP contribution in [0.25, 0.3) is 22.2 Å². The van der Waals surface area contributed by atoms with Gasteiger partial charge in [-0.1, -0.05) is 65.7 Å². The Kier molecular flexibility index (Phi) is 5.44. The van der Waals surface area contributed by atoms with Gasteiger partial charge >= 0.3 is 0 Å². The molecule has 0 spiro atoms. The summed E-state index contributed by atoms with van der Waals surface area (Å²) < 4.78 is 1.86. The van der Waals surface area contributed by atoms with E-state index in [1.54, 1.807) is 12.1 Å². The maximum atomic E-state index is 13.3. The van der Waals surface area contributed by atoms with Crippen LogP contribution < -0.4 is 11.1 Å². The summed E-state index contributed by atoms with van der Waals surface area (Å²) >= 11 is 5.96. The fourth-order valence-corrected chi connectivity index (χ4v) is 3.98. The zero-order chi connectivity index (χ0) is 22.9. The zero-order valence-electron chi connectivity index (χ0n) is 18.0. The van der Waals surface area contributed by atoms with E-state index in [1.807, 2.05) is 47.9 Å². The number of carbonyl (C=O) groups is 1. The second-order valence-corrected chi connectivity index (χ2v) is 8.46. The van der Waals surface area contributed by atoms with Crippen molar-refractivity contribution in [1.82, 2.24) is 19.9 Å². The molecule has 164 valence electrons. The molecular formula is C26H22ClN5O. The summed E-state index contributed by atoms with van der Waals surface area (Å²) in [6, 6.07) is 23.1. The third kappa shape index (κ3) is 4.13. The number of benzene rings is 3. The van der Waals surface area contributed by atoms with E-state index in [0.29, 0.717) is 46.2 Å². The second-order valence-electron chi connectivity index (χ2n) is 8.03. The van der Waals surface area contributed by atoms with Gasteiger partial charge in [-0.25, -0.2) is 9.97 Å². The third-order valence-corrected chi connectivity index (χ3v) is 5.90. The first-order valence-electron chi connectivity index (χ1n) is 10.6. The van der Waals surface area contributed by atoms with Crippen LogP contribution in [0.2, 0.25) is 5.02 Å². The Morgan fingerprint density at radius 1 is 0.939 bits per heavy atom. The van der Waals surface area contributed by atoms with Crippen LogP contribution in [0.15, 0.2) is 72.8 Å². The number of nitrogens with one attached hydrogen (secondary N) is 1. The Hall–Kier alpha value is -3.90. The van der Waals surface area contributed by atoms with Crippen molar-refractivity contribution < 1.29 is 4.79 Å². The summed E-state index contributed by atoms with van der Waals surface area (Å²) in [5.74, 6) is 0.0502. The molecule has 0 radical (unpaired) electrons. The van der Waals surface area contributed by atoms with Gasteiger partial charge in [0.25, 0.3) is 5.91 Å². The molecule has 3 aromatic carbocycles. The molecule has 0 aliphatic carbocycles. The monoisotopic (exact) mass is 455 g/mol. The van der Waals surface area contributed by atoms with Gasteiger partial charge in [0.1, 0.15) is 16.9 Å². The average Bonchev–Trinajstić information content (AvgIpc) is 3.08. The molecule has 0 saturated heterocycles. The number of nitrogens with two attached hydrogens (primary N) is 1. The number of halogens is 1. The number of aryl methyl sites for hydroxylation is 1.